The van der Waals surface area contributed by atoms with E-state index in [2.05, 4.69) is 4.42 Å². The van der Waals surface area contributed by atoms with Gasteiger partial charge in [-0.1, -0.05) is 13.3 Å². The molecule has 16 heavy (non-hydrogen) atoms. The van der Waals surface area contributed by atoms with Crippen LogP contribution in [0.15, 0.2) is 21.3 Å². The minimum Gasteiger partial charge on any atom is -0.428 e. The molecule has 1 aromatic rings. The molecule has 0 aromatic carbocycles. The number of aryl methyl sites for hydroxylation is 1. The predicted octanol–water partition coefficient (Wildman–Crippen LogP) is 1.46. The quantitative estimate of drug-likeness (QED) is 0.735. The van der Waals surface area contributed by atoms with E-state index in [-0.39, 0.29) is 11.5 Å². The summed E-state index contributed by atoms with van der Waals surface area (Å²) in [4.78, 5) is 11.0. The van der Waals surface area contributed by atoms with E-state index in [1.54, 1.807) is 6.92 Å². The van der Waals surface area contributed by atoms with Crippen LogP contribution in [0.25, 0.3) is 0 Å². The summed E-state index contributed by atoms with van der Waals surface area (Å²) in [5.41, 5.74) is -0.624. The maximum Gasteiger partial charge on any atom is 0.339 e. The molecule has 0 amide bonds. The fourth-order valence-corrected chi connectivity index (χ4v) is 2.25. The van der Waals surface area contributed by atoms with Gasteiger partial charge in [-0.3, -0.25) is 0 Å². The molecular weight excluding hydrogens is 232 g/mol. The molecule has 0 spiro atoms. The number of hydrogen-bond acceptors (Lipinski definition) is 5. The van der Waals surface area contributed by atoms with Gasteiger partial charge >= 0.3 is 15.7 Å². The first-order valence-electron chi connectivity index (χ1n) is 4.97. The molecule has 1 heterocycles. The van der Waals surface area contributed by atoms with Gasteiger partial charge in [0.05, 0.1) is 11.8 Å². The van der Waals surface area contributed by atoms with Gasteiger partial charge in [0, 0.05) is 6.07 Å². The average molecular weight is 246 g/mol. The lowest BCUT2D eigenvalue weighted by Crippen LogP contribution is -2.14. The van der Waals surface area contributed by atoms with Crippen molar-refractivity contribution in [3.8, 4) is 5.75 Å². The Hall–Kier alpha value is -1.30. The summed E-state index contributed by atoms with van der Waals surface area (Å²) >= 11 is 0. The van der Waals surface area contributed by atoms with Crippen molar-refractivity contribution in [2.45, 2.75) is 26.7 Å². The highest BCUT2D eigenvalue weighted by Gasteiger charge is 2.12. The van der Waals surface area contributed by atoms with Crippen molar-refractivity contribution in [3.63, 3.8) is 0 Å². The normalized spacial score (nSPS) is 11.4. The zero-order valence-electron chi connectivity index (χ0n) is 9.23. The molecular formula is C10H14O5S. The van der Waals surface area contributed by atoms with Crippen LogP contribution in [0.5, 0.6) is 5.75 Å². The Kier molecular flexibility index (Phi) is 4.12. The summed E-state index contributed by atoms with van der Waals surface area (Å²) in [6.45, 7) is 3.43. The zero-order valence-corrected chi connectivity index (χ0v) is 10.0. The Balaban J connectivity index is 2.84. The first-order valence-corrected chi connectivity index (χ1v) is 6.54. The Morgan fingerprint density at radius 3 is 2.62 bits per heavy atom. The van der Waals surface area contributed by atoms with Gasteiger partial charge in [0.2, 0.25) is 0 Å². The fraction of sp³-hybridized carbons (Fsp3) is 0.500. The molecule has 0 fully saturated rings. The highest BCUT2D eigenvalue weighted by Crippen LogP contribution is 2.13. The summed E-state index contributed by atoms with van der Waals surface area (Å²) in [7, 11) is -3.61. The molecule has 0 aliphatic rings. The Bertz CT molecular complexity index is 500. The first-order chi connectivity index (χ1) is 7.43. The molecule has 0 radical (unpaired) electrons. The minimum absolute atomic E-state index is 0.00449. The SMILES string of the molecule is CCCCS(=O)(=O)Oc1cc(C)oc(=O)c1. The van der Waals surface area contributed by atoms with E-state index < -0.39 is 15.7 Å². The lowest BCUT2D eigenvalue weighted by atomic mass is 10.4. The Morgan fingerprint density at radius 1 is 1.38 bits per heavy atom. The zero-order chi connectivity index (χ0) is 12.2. The third kappa shape index (κ3) is 4.06. The number of rotatable bonds is 5. The van der Waals surface area contributed by atoms with Gasteiger partial charge in [-0.25, -0.2) is 4.79 Å². The third-order valence-electron chi connectivity index (χ3n) is 1.84. The molecule has 0 atom stereocenters. The summed E-state index contributed by atoms with van der Waals surface area (Å²) in [5.74, 6) is 0.265. The van der Waals surface area contributed by atoms with E-state index in [1.807, 2.05) is 6.92 Å². The molecule has 90 valence electrons. The summed E-state index contributed by atoms with van der Waals surface area (Å²) in [6, 6.07) is 2.38. The fourth-order valence-electron chi connectivity index (χ4n) is 1.13. The third-order valence-corrected chi connectivity index (χ3v) is 3.07. The standard InChI is InChI=1S/C10H14O5S/c1-3-4-5-16(12,13)15-9-6-8(2)14-10(11)7-9/h6-7H,3-5H2,1-2H3. The minimum atomic E-state index is -3.61. The summed E-state index contributed by atoms with van der Waals surface area (Å²) in [5, 5.41) is 0. The van der Waals surface area contributed by atoms with E-state index >= 15 is 0 Å². The van der Waals surface area contributed by atoms with E-state index in [4.69, 9.17) is 4.18 Å². The van der Waals surface area contributed by atoms with E-state index in [0.29, 0.717) is 12.2 Å². The van der Waals surface area contributed by atoms with Crippen molar-refractivity contribution in [1.82, 2.24) is 0 Å². The van der Waals surface area contributed by atoms with Gasteiger partial charge in [-0.05, 0) is 13.3 Å². The molecule has 1 rings (SSSR count). The van der Waals surface area contributed by atoms with Crippen molar-refractivity contribution >= 4 is 10.1 Å². The molecule has 0 saturated carbocycles. The molecule has 0 bridgehead atoms. The topological polar surface area (TPSA) is 73.6 Å². The molecule has 6 heteroatoms. The van der Waals surface area contributed by atoms with Crippen molar-refractivity contribution < 1.29 is 17.0 Å². The van der Waals surface area contributed by atoms with Gasteiger partial charge in [0.15, 0.2) is 5.75 Å². The Morgan fingerprint density at radius 2 is 2.06 bits per heavy atom. The second-order valence-corrected chi connectivity index (χ2v) is 5.11. The van der Waals surface area contributed by atoms with E-state index in [0.717, 1.165) is 12.5 Å². The molecule has 0 aliphatic carbocycles. The van der Waals surface area contributed by atoms with Gasteiger partial charge in [-0.15, -0.1) is 0 Å². The molecule has 0 aliphatic heterocycles. The van der Waals surface area contributed by atoms with Gasteiger partial charge < -0.3 is 8.60 Å². The van der Waals surface area contributed by atoms with Crippen LogP contribution in [0.3, 0.4) is 0 Å². The van der Waals surface area contributed by atoms with Crippen molar-refractivity contribution in [2.24, 2.45) is 0 Å². The molecule has 1 aromatic heterocycles. The number of unbranched alkanes of at least 4 members (excludes halogenated alkanes) is 1. The van der Waals surface area contributed by atoms with Crippen LogP contribution < -0.4 is 9.81 Å². The van der Waals surface area contributed by atoms with Gasteiger partial charge in [0.25, 0.3) is 0 Å². The lowest BCUT2D eigenvalue weighted by Gasteiger charge is -2.05. The van der Waals surface area contributed by atoms with Gasteiger partial charge in [0.1, 0.15) is 5.76 Å². The van der Waals surface area contributed by atoms with E-state index in [9.17, 15) is 13.2 Å². The smallest absolute Gasteiger partial charge is 0.339 e. The number of hydrogen-bond donors (Lipinski definition) is 0. The highest BCUT2D eigenvalue weighted by molar-refractivity contribution is 7.87. The second-order valence-electron chi connectivity index (χ2n) is 3.42. The van der Waals surface area contributed by atoms with Crippen LogP contribution in [-0.4, -0.2) is 14.2 Å². The Labute approximate surface area is 94.2 Å². The van der Waals surface area contributed by atoms with Crippen molar-refractivity contribution in [1.29, 1.82) is 0 Å². The van der Waals surface area contributed by atoms with E-state index in [1.165, 1.54) is 6.07 Å². The van der Waals surface area contributed by atoms with Crippen LogP contribution in [0, 0.1) is 6.92 Å². The van der Waals surface area contributed by atoms with Crippen LogP contribution in [0.2, 0.25) is 0 Å². The molecule has 0 unspecified atom stereocenters. The predicted molar refractivity (Wildman–Crippen MR) is 59.0 cm³/mol. The molecule has 5 nitrogen and oxygen atoms in total. The summed E-state index contributed by atoms with van der Waals surface area (Å²) in [6.07, 6.45) is 1.29. The van der Waals surface area contributed by atoms with Crippen LogP contribution in [0.1, 0.15) is 25.5 Å². The average Bonchev–Trinajstić information content (AvgIpc) is 2.12. The van der Waals surface area contributed by atoms with Crippen LogP contribution in [-0.2, 0) is 10.1 Å². The largest absolute Gasteiger partial charge is 0.428 e. The van der Waals surface area contributed by atoms with Crippen LogP contribution in [0.4, 0.5) is 0 Å². The highest BCUT2D eigenvalue weighted by atomic mass is 32.2. The molecule has 0 N–H and O–H groups in total. The summed E-state index contributed by atoms with van der Waals surface area (Å²) < 4.78 is 32.3. The lowest BCUT2D eigenvalue weighted by molar-refractivity contribution is 0.452. The second kappa shape index (κ2) is 5.16. The first kappa shape index (κ1) is 12.8. The molecule has 0 saturated heterocycles. The van der Waals surface area contributed by atoms with Crippen LogP contribution >= 0.6 is 0 Å². The monoisotopic (exact) mass is 246 g/mol. The van der Waals surface area contributed by atoms with Crippen molar-refractivity contribution in [3.05, 3.63) is 28.3 Å². The van der Waals surface area contributed by atoms with Crippen molar-refractivity contribution in [2.75, 3.05) is 5.75 Å². The maximum atomic E-state index is 11.4. The maximum absolute atomic E-state index is 11.4. The van der Waals surface area contributed by atoms with Gasteiger partial charge in [-0.2, -0.15) is 8.42 Å².